The first-order valence-electron chi connectivity index (χ1n) is 8.12. The van der Waals surface area contributed by atoms with Crippen LogP contribution in [0.3, 0.4) is 0 Å². The van der Waals surface area contributed by atoms with Crippen LogP contribution in [0.1, 0.15) is 81.6 Å². The lowest BCUT2D eigenvalue weighted by molar-refractivity contribution is 0.0347. The molecule has 0 aliphatic carbocycles. The van der Waals surface area contributed by atoms with Crippen molar-refractivity contribution < 1.29 is 4.74 Å². The van der Waals surface area contributed by atoms with Crippen LogP contribution >= 0.6 is 0 Å². The Hall–Kier alpha value is -1.15. The second-order valence-electron chi connectivity index (χ2n) is 6.91. The molecule has 0 saturated heterocycles. The van der Waals surface area contributed by atoms with Gasteiger partial charge in [0.1, 0.15) is 0 Å². The number of nitrogens with zero attached hydrogens (tertiary/aromatic N) is 1. The first-order valence-corrected chi connectivity index (χ1v) is 8.12. The maximum Gasteiger partial charge on any atom is 0.0814 e. The fourth-order valence-electron chi connectivity index (χ4n) is 3.32. The Morgan fingerprint density at radius 1 is 1.05 bits per heavy atom. The van der Waals surface area contributed by atoms with Crippen molar-refractivity contribution in [1.82, 2.24) is 4.98 Å². The zero-order chi connectivity index (χ0) is 15.9. The summed E-state index contributed by atoms with van der Waals surface area (Å²) in [5.41, 5.74) is 7.71. The standard InChI is InChI=1S/C19H29NO/c1-10(2)16-9-12(5)21-15(8)17-13(6)14(7)20-19(11(3)4)18(16)17/h9-12,15H,1-8H3/t12-,15+/m1/s1. The molecule has 0 amide bonds. The van der Waals surface area contributed by atoms with Crippen LogP contribution in [0.4, 0.5) is 0 Å². The van der Waals surface area contributed by atoms with E-state index in [1.54, 1.807) is 0 Å². The Balaban J connectivity index is 2.85. The summed E-state index contributed by atoms with van der Waals surface area (Å²) in [6.07, 6.45) is 2.54. The third-order valence-electron chi connectivity index (χ3n) is 4.46. The number of pyridine rings is 1. The number of rotatable bonds is 2. The van der Waals surface area contributed by atoms with Gasteiger partial charge in [-0.3, -0.25) is 4.98 Å². The Morgan fingerprint density at radius 2 is 1.67 bits per heavy atom. The van der Waals surface area contributed by atoms with Crippen LogP contribution in [0.5, 0.6) is 0 Å². The number of hydrogen-bond acceptors (Lipinski definition) is 2. The van der Waals surface area contributed by atoms with E-state index in [4.69, 9.17) is 9.72 Å². The highest BCUT2D eigenvalue weighted by Gasteiger charge is 2.28. The van der Waals surface area contributed by atoms with Crippen LogP contribution in [0, 0.1) is 19.8 Å². The van der Waals surface area contributed by atoms with Crippen LogP contribution < -0.4 is 0 Å². The molecule has 0 aromatic carbocycles. The molecule has 0 spiro atoms. The normalized spacial score (nSPS) is 22.3. The number of ether oxygens (including phenoxy) is 1. The van der Waals surface area contributed by atoms with Gasteiger partial charge >= 0.3 is 0 Å². The maximum absolute atomic E-state index is 6.18. The number of allylic oxidation sites excluding steroid dienone is 1. The zero-order valence-corrected chi connectivity index (χ0v) is 14.7. The van der Waals surface area contributed by atoms with Crippen molar-refractivity contribution in [3.05, 3.63) is 34.2 Å². The topological polar surface area (TPSA) is 22.1 Å². The van der Waals surface area contributed by atoms with Crippen molar-refractivity contribution in [3.8, 4) is 0 Å². The maximum atomic E-state index is 6.18. The smallest absolute Gasteiger partial charge is 0.0814 e. The summed E-state index contributed by atoms with van der Waals surface area (Å²) in [4.78, 5) is 4.92. The van der Waals surface area contributed by atoms with Gasteiger partial charge in [-0.2, -0.15) is 0 Å². The summed E-state index contributed by atoms with van der Waals surface area (Å²) in [6, 6.07) is 0. The van der Waals surface area contributed by atoms with Crippen molar-refractivity contribution in [2.75, 3.05) is 0 Å². The van der Waals surface area contributed by atoms with E-state index in [9.17, 15) is 0 Å². The molecule has 0 unspecified atom stereocenters. The average Bonchev–Trinajstić information content (AvgIpc) is 2.50. The van der Waals surface area contributed by atoms with E-state index in [1.807, 2.05) is 0 Å². The van der Waals surface area contributed by atoms with Crippen LogP contribution in [0.2, 0.25) is 0 Å². The summed E-state index contributed by atoms with van der Waals surface area (Å²) in [7, 11) is 0. The largest absolute Gasteiger partial charge is 0.367 e. The van der Waals surface area contributed by atoms with Gasteiger partial charge in [-0.1, -0.05) is 33.8 Å². The minimum atomic E-state index is 0.113. The van der Waals surface area contributed by atoms with Crippen LogP contribution in [-0.4, -0.2) is 11.1 Å². The first kappa shape index (κ1) is 16.2. The van der Waals surface area contributed by atoms with Gasteiger partial charge in [0.2, 0.25) is 0 Å². The van der Waals surface area contributed by atoms with Crippen molar-refractivity contribution in [1.29, 1.82) is 0 Å². The molecule has 1 aliphatic rings. The third kappa shape index (κ3) is 2.91. The number of aryl methyl sites for hydroxylation is 1. The SMILES string of the molecule is Cc1nc(C(C)C)c2c(c1C)[C@H](C)O[C@H](C)C=C2C(C)C. The summed E-state index contributed by atoms with van der Waals surface area (Å²) in [5, 5.41) is 0. The van der Waals surface area contributed by atoms with E-state index in [0.29, 0.717) is 11.8 Å². The van der Waals surface area contributed by atoms with E-state index in [0.717, 1.165) is 5.69 Å². The minimum Gasteiger partial charge on any atom is -0.367 e. The summed E-state index contributed by atoms with van der Waals surface area (Å²) >= 11 is 0. The lowest BCUT2D eigenvalue weighted by atomic mass is 9.84. The molecule has 1 aromatic heterocycles. The van der Waals surface area contributed by atoms with Crippen LogP contribution in [0.15, 0.2) is 6.08 Å². The van der Waals surface area contributed by atoms with E-state index < -0.39 is 0 Å². The molecule has 0 N–H and O–H groups in total. The van der Waals surface area contributed by atoms with E-state index >= 15 is 0 Å². The molecular weight excluding hydrogens is 258 g/mol. The fourth-order valence-corrected chi connectivity index (χ4v) is 3.32. The van der Waals surface area contributed by atoms with Gasteiger partial charge in [-0.25, -0.2) is 0 Å². The highest BCUT2D eigenvalue weighted by molar-refractivity contribution is 5.74. The molecule has 1 aromatic rings. The van der Waals surface area contributed by atoms with Gasteiger partial charge in [0, 0.05) is 11.3 Å². The van der Waals surface area contributed by atoms with Crippen molar-refractivity contribution >= 4 is 5.57 Å². The Bertz CT molecular complexity index is 569. The second-order valence-corrected chi connectivity index (χ2v) is 6.91. The predicted octanol–water partition coefficient (Wildman–Crippen LogP) is 5.34. The lowest BCUT2D eigenvalue weighted by Gasteiger charge is -2.25. The van der Waals surface area contributed by atoms with Gasteiger partial charge in [0.05, 0.1) is 17.9 Å². The Labute approximate surface area is 129 Å². The molecule has 0 radical (unpaired) electrons. The Morgan fingerprint density at radius 3 is 2.19 bits per heavy atom. The van der Waals surface area contributed by atoms with Gasteiger partial charge in [-0.05, 0) is 56.2 Å². The molecule has 2 atom stereocenters. The molecule has 2 nitrogen and oxygen atoms in total. The number of aromatic nitrogens is 1. The number of hydrogen-bond donors (Lipinski definition) is 0. The van der Waals surface area contributed by atoms with Crippen LogP contribution in [0.25, 0.3) is 5.57 Å². The highest BCUT2D eigenvalue weighted by Crippen LogP contribution is 2.41. The molecule has 21 heavy (non-hydrogen) atoms. The molecule has 0 fully saturated rings. The molecule has 0 bridgehead atoms. The fraction of sp³-hybridized carbons (Fsp3) is 0.632. The van der Waals surface area contributed by atoms with Gasteiger partial charge in [0.25, 0.3) is 0 Å². The van der Waals surface area contributed by atoms with Gasteiger partial charge < -0.3 is 4.74 Å². The molecule has 1 aliphatic heterocycles. The number of fused-ring (bicyclic) bond motifs is 1. The van der Waals surface area contributed by atoms with Gasteiger partial charge in [0.15, 0.2) is 0 Å². The molecular formula is C19H29NO. The zero-order valence-electron chi connectivity index (χ0n) is 14.7. The first-order chi connectivity index (χ1) is 9.73. The molecule has 116 valence electrons. The quantitative estimate of drug-likeness (QED) is 0.732. The van der Waals surface area contributed by atoms with Crippen molar-refractivity contribution in [2.24, 2.45) is 5.92 Å². The van der Waals surface area contributed by atoms with Crippen LogP contribution in [-0.2, 0) is 4.74 Å². The molecule has 2 heteroatoms. The van der Waals surface area contributed by atoms with Crippen molar-refractivity contribution in [2.45, 2.75) is 73.5 Å². The highest BCUT2D eigenvalue weighted by atomic mass is 16.5. The lowest BCUT2D eigenvalue weighted by Crippen LogP contribution is -2.13. The summed E-state index contributed by atoms with van der Waals surface area (Å²) in [5.74, 6) is 0.891. The van der Waals surface area contributed by atoms with E-state index in [-0.39, 0.29) is 12.2 Å². The molecule has 2 rings (SSSR count). The van der Waals surface area contributed by atoms with E-state index in [1.165, 1.54) is 28.0 Å². The molecule has 2 heterocycles. The predicted molar refractivity (Wildman–Crippen MR) is 89.6 cm³/mol. The Kier molecular flexibility index (Phi) is 4.57. The molecule has 0 saturated carbocycles. The third-order valence-corrected chi connectivity index (χ3v) is 4.46. The van der Waals surface area contributed by atoms with E-state index in [2.05, 4.69) is 61.5 Å². The second kappa shape index (κ2) is 5.92. The van der Waals surface area contributed by atoms with Gasteiger partial charge in [-0.15, -0.1) is 0 Å². The summed E-state index contributed by atoms with van der Waals surface area (Å²) in [6.45, 7) is 17.6. The van der Waals surface area contributed by atoms with Crippen molar-refractivity contribution in [3.63, 3.8) is 0 Å². The monoisotopic (exact) mass is 287 g/mol. The minimum absolute atomic E-state index is 0.113. The average molecular weight is 287 g/mol. The summed E-state index contributed by atoms with van der Waals surface area (Å²) < 4.78 is 6.18.